The Balaban J connectivity index is 1.70. The number of carbonyl (C=O) groups is 2. The molecule has 0 radical (unpaired) electrons. The smallest absolute Gasteiger partial charge is 0.306 e. The molecule has 0 aromatic heterocycles. The molecule has 3 N–H and O–H groups in total. The molecule has 2 atom stereocenters. The predicted octanol–water partition coefficient (Wildman–Crippen LogP) is 4.67. The van der Waals surface area contributed by atoms with E-state index < -0.39 is 29.1 Å². The number of nitrogens with zero attached hydrogens (tertiary/aromatic N) is 1. The zero-order valence-corrected chi connectivity index (χ0v) is 28.3. The minimum absolute atomic E-state index is 0.0177. The normalized spacial score (nSPS) is 17.1. The molecule has 0 spiro atoms. The van der Waals surface area contributed by atoms with Gasteiger partial charge < -0.3 is 33.5 Å². The number of methoxy groups -OCH3 is 3. The lowest BCUT2D eigenvalue weighted by molar-refractivity contribution is -0.155. The summed E-state index contributed by atoms with van der Waals surface area (Å²) in [6.45, 7) is 6.00. The van der Waals surface area contributed by atoms with Gasteiger partial charge >= 0.3 is 5.97 Å². The van der Waals surface area contributed by atoms with Crippen molar-refractivity contribution in [3.8, 4) is 23.0 Å². The van der Waals surface area contributed by atoms with Crippen molar-refractivity contribution >= 4 is 17.8 Å². The minimum atomic E-state index is -1.59. The van der Waals surface area contributed by atoms with Crippen LogP contribution in [-0.4, -0.2) is 68.6 Å². The number of ether oxygens (including phenoxy) is 6. The number of hydrogen-bond donors (Lipinski definition) is 3. The summed E-state index contributed by atoms with van der Waals surface area (Å²) in [5, 5.41) is 9.07. The number of esters is 1. The fourth-order valence-electron chi connectivity index (χ4n) is 5.16. The van der Waals surface area contributed by atoms with Crippen LogP contribution in [0.5, 0.6) is 23.0 Å². The zero-order chi connectivity index (χ0) is 34.7. The van der Waals surface area contributed by atoms with Crippen molar-refractivity contribution in [3.63, 3.8) is 0 Å². The lowest BCUT2D eigenvalue weighted by atomic mass is 9.83. The minimum Gasteiger partial charge on any atom is -0.497 e. The van der Waals surface area contributed by atoms with Gasteiger partial charge in [0.1, 0.15) is 28.6 Å². The fraction of sp³-hybridized carbons (Fsp3) is 0.417. The van der Waals surface area contributed by atoms with Crippen LogP contribution in [0.25, 0.3) is 0 Å². The number of benzene rings is 3. The van der Waals surface area contributed by atoms with Gasteiger partial charge in [-0.1, -0.05) is 12.1 Å². The second-order valence-electron chi connectivity index (χ2n) is 12.2. The molecule has 1 amide bonds. The molecule has 1 aliphatic heterocycles. The molecule has 4 rings (SSSR count). The van der Waals surface area contributed by atoms with Crippen LogP contribution in [0.3, 0.4) is 0 Å². The molecule has 12 heteroatoms. The van der Waals surface area contributed by atoms with E-state index in [4.69, 9.17) is 38.5 Å². The summed E-state index contributed by atoms with van der Waals surface area (Å²) in [7, 11) is 4.68. The van der Waals surface area contributed by atoms with E-state index in [0.717, 1.165) is 5.56 Å². The van der Waals surface area contributed by atoms with Crippen LogP contribution in [-0.2, 0) is 25.6 Å². The third-order valence-corrected chi connectivity index (χ3v) is 7.46. The van der Waals surface area contributed by atoms with E-state index in [1.54, 1.807) is 90.6 Å². The Labute approximate surface area is 281 Å². The van der Waals surface area contributed by atoms with E-state index in [2.05, 4.69) is 10.9 Å². The molecule has 1 aliphatic rings. The van der Waals surface area contributed by atoms with Crippen molar-refractivity contribution in [1.29, 1.82) is 0 Å². The van der Waals surface area contributed by atoms with E-state index >= 15 is 0 Å². The van der Waals surface area contributed by atoms with E-state index in [-0.39, 0.29) is 31.9 Å². The van der Waals surface area contributed by atoms with Crippen molar-refractivity contribution in [2.75, 3.05) is 34.5 Å². The Kier molecular flexibility index (Phi) is 12.3. The molecule has 1 heterocycles. The Morgan fingerprint density at radius 2 is 1.60 bits per heavy atom. The highest BCUT2D eigenvalue weighted by molar-refractivity contribution is 6.01. The lowest BCUT2D eigenvalue weighted by Gasteiger charge is -2.31. The highest BCUT2D eigenvalue weighted by atomic mass is 16.6. The van der Waals surface area contributed by atoms with E-state index in [9.17, 15) is 9.59 Å². The Morgan fingerprint density at radius 3 is 2.23 bits per heavy atom. The quantitative estimate of drug-likeness (QED) is 0.112. The maximum absolute atomic E-state index is 14.4. The number of amides is 1. The first-order chi connectivity index (χ1) is 23.0. The second kappa shape index (κ2) is 16.3. The first kappa shape index (κ1) is 36.0. The van der Waals surface area contributed by atoms with Crippen LogP contribution in [0.4, 0.5) is 0 Å². The molecule has 48 heavy (non-hydrogen) atoms. The highest BCUT2D eigenvalue weighted by Crippen LogP contribution is 2.44. The Bertz CT molecular complexity index is 1550. The number of nitrogens with one attached hydrogen (secondary N) is 2. The number of aliphatic hydroxyl groups is 1. The number of carbonyl (C=O) groups excluding carboxylic acids is 2. The molecule has 0 saturated heterocycles. The van der Waals surface area contributed by atoms with Crippen molar-refractivity contribution in [2.45, 2.75) is 63.8 Å². The summed E-state index contributed by atoms with van der Waals surface area (Å²) in [6.07, 6.45) is -0.537. The van der Waals surface area contributed by atoms with Gasteiger partial charge in [0.15, 0.2) is 11.6 Å². The molecule has 12 nitrogen and oxygen atoms in total. The van der Waals surface area contributed by atoms with Gasteiger partial charge in [0.05, 0.1) is 27.9 Å². The fourth-order valence-corrected chi connectivity index (χ4v) is 5.16. The number of hydrazine groups is 1. The standard InChI is InChI=1S/C36H45N3O9/c1-35(2,3)48-31(41)15-16-36(34(42)39-37-23-24-19-29(44-5)22-30(20-24)45-6)32(26-9-7-10-28(21-26)43-4)47-33(38-36)25-11-13-27(14-12-25)46-18-8-17-40/h7,9-14,19-22,32,37,40H,8,15-18,23H2,1-6H3,(H,39,42)/t32-,36-/m0/s1. The van der Waals surface area contributed by atoms with Crippen molar-refractivity contribution in [1.82, 2.24) is 10.9 Å². The van der Waals surface area contributed by atoms with Gasteiger partial charge in [-0.3, -0.25) is 15.0 Å². The average Bonchev–Trinajstić information content (AvgIpc) is 3.48. The third-order valence-electron chi connectivity index (χ3n) is 7.46. The number of rotatable bonds is 16. The molecular formula is C36H45N3O9. The first-order valence-electron chi connectivity index (χ1n) is 15.7. The monoisotopic (exact) mass is 663 g/mol. The SMILES string of the molecule is COc1cc(CNNC(=O)[C@@]2(CCC(=O)OC(C)(C)C)N=C(c3ccc(OCCCO)cc3)O[C@H]2c2cccc(OC)c2)cc(OC)c1. The molecule has 0 aliphatic carbocycles. The summed E-state index contributed by atoms with van der Waals surface area (Å²) < 4.78 is 34.0. The van der Waals surface area contributed by atoms with E-state index in [1.807, 2.05) is 18.2 Å². The molecular weight excluding hydrogens is 618 g/mol. The predicted molar refractivity (Wildman–Crippen MR) is 179 cm³/mol. The zero-order valence-electron chi connectivity index (χ0n) is 28.3. The molecule has 3 aromatic carbocycles. The average molecular weight is 664 g/mol. The van der Waals surface area contributed by atoms with Crippen LogP contribution in [0.2, 0.25) is 0 Å². The van der Waals surface area contributed by atoms with Gasteiger partial charge in [-0.25, -0.2) is 10.4 Å². The molecule has 258 valence electrons. The first-order valence-corrected chi connectivity index (χ1v) is 15.7. The summed E-state index contributed by atoms with van der Waals surface area (Å²) in [5.41, 5.74) is 5.56. The molecule has 0 unspecified atom stereocenters. The second-order valence-corrected chi connectivity index (χ2v) is 12.2. The van der Waals surface area contributed by atoms with E-state index in [0.29, 0.717) is 47.2 Å². The van der Waals surface area contributed by atoms with Gasteiger partial charge in [0.2, 0.25) is 5.90 Å². The van der Waals surface area contributed by atoms with Crippen LogP contribution in [0, 0.1) is 0 Å². The maximum atomic E-state index is 14.4. The third kappa shape index (κ3) is 9.39. The highest BCUT2D eigenvalue weighted by Gasteiger charge is 2.53. The van der Waals surface area contributed by atoms with Gasteiger partial charge in [0.25, 0.3) is 5.91 Å². The number of aliphatic imine (C=N–C) groups is 1. The largest absolute Gasteiger partial charge is 0.497 e. The van der Waals surface area contributed by atoms with Gasteiger partial charge in [0, 0.05) is 37.6 Å². The summed E-state index contributed by atoms with van der Waals surface area (Å²) in [5.74, 6) is 1.64. The topological polar surface area (TPSA) is 146 Å². The van der Waals surface area contributed by atoms with Gasteiger partial charge in [-0.15, -0.1) is 0 Å². The van der Waals surface area contributed by atoms with Crippen LogP contribution in [0.1, 0.15) is 62.8 Å². The van der Waals surface area contributed by atoms with E-state index in [1.165, 1.54) is 0 Å². The van der Waals surface area contributed by atoms with Crippen LogP contribution < -0.4 is 29.8 Å². The number of hydrogen-bond acceptors (Lipinski definition) is 11. The van der Waals surface area contributed by atoms with Crippen LogP contribution in [0.15, 0.2) is 71.7 Å². The van der Waals surface area contributed by atoms with Crippen molar-refractivity contribution in [2.24, 2.45) is 4.99 Å². The lowest BCUT2D eigenvalue weighted by Crippen LogP contribution is -2.52. The van der Waals surface area contributed by atoms with Crippen LogP contribution >= 0.6 is 0 Å². The van der Waals surface area contributed by atoms with Gasteiger partial charge in [-0.2, -0.15) is 0 Å². The summed E-state index contributed by atoms with van der Waals surface area (Å²) >= 11 is 0. The van der Waals surface area contributed by atoms with Gasteiger partial charge in [-0.05, 0) is 86.8 Å². The number of aliphatic hydroxyl groups excluding tert-OH is 1. The molecule has 0 fully saturated rings. The molecule has 0 saturated carbocycles. The maximum Gasteiger partial charge on any atom is 0.306 e. The molecule has 3 aromatic rings. The Hall–Kier alpha value is -4.81. The summed E-state index contributed by atoms with van der Waals surface area (Å²) in [4.78, 5) is 32.3. The molecule has 0 bridgehead atoms. The Morgan fingerprint density at radius 1 is 0.917 bits per heavy atom. The summed E-state index contributed by atoms with van der Waals surface area (Å²) in [6, 6.07) is 19.7. The van der Waals surface area contributed by atoms with Crippen molar-refractivity contribution in [3.05, 3.63) is 83.4 Å². The van der Waals surface area contributed by atoms with Crippen molar-refractivity contribution < 1.29 is 43.1 Å².